The first kappa shape index (κ1) is 12.6. The Morgan fingerprint density at radius 3 is 2.88 bits per heavy atom. The second kappa shape index (κ2) is 5.68. The molecule has 0 amide bonds. The molecule has 5 heteroatoms. The van der Waals surface area contributed by atoms with E-state index in [0.29, 0.717) is 13.0 Å². The number of aliphatic carboxylic acids is 1. The summed E-state index contributed by atoms with van der Waals surface area (Å²) in [5.41, 5.74) is 0. The summed E-state index contributed by atoms with van der Waals surface area (Å²) in [4.78, 5) is 10.7. The van der Waals surface area contributed by atoms with E-state index in [1.165, 1.54) is 0 Å². The zero-order valence-electron chi connectivity index (χ0n) is 9.14. The van der Waals surface area contributed by atoms with Gasteiger partial charge in [-0.15, -0.1) is 0 Å². The quantitative estimate of drug-likeness (QED) is 0.849. The molecule has 2 unspecified atom stereocenters. The van der Waals surface area contributed by atoms with Gasteiger partial charge in [0.2, 0.25) is 0 Å². The maximum atomic E-state index is 10.7. The van der Waals surface area contributed by atoms with E-state index in [1.807, 2.05) is 24.3 Å². The van der Waals surface area contributed by atoms with Crippen molar-refractivity contribution in [2.24, 2.45) is 0 Å². The molecule has 0 saturated carbocycles. The van der Waals surface area contributed by atoms with Gasteiger partial charge in [-0.05, 0) is 47.6 Å². The molecule has 0 bridgehead atoms. The van der Waals surface area contributed by atoms with Crippen molar-refractivity contribution in [1.29, 1.82) is 0 Å². The number of para-hydroxylation sites is 1. The van der Waals surface area contributed by atoms with E-state index in [2.05, 4.69) is 22.6 Å². The minimum Gasteiger partial charge on any atom is -0.490 e. The summed E-state index contributed by atoms with van der Waals surface area (Å²) in [6, 6.07) is 7.71. The minimum atomic E-state index is -0.887. The van der Waals surface area contributed by atoms with Gasteiger partial charge in [0.25, 0.3) is 0 Å². The van der Waals surface area contributed by atoms with Crippen LogP contribution in [0.2, 0.25) is 0 Å². The average Bonchev–Trinajstić information content (AvgIpc) is 2.77. The Bertz CT molecular complexity index is 407. The predicted molar refractivity (Wildman–Crippen MR) is 70.2 cm³/mol. The van der Waals surface area contributed by atoms with E-state index in [-0.39, 0.29) is 6.10 Å². The zero-order valence-corrected chi connectivity index (χ0v) is 11.3. The third-order valence-electron chi connectivity index (χ3n) is 2.64. The Balaban J connectivity index is 1.84. The molecule has 1 aliphatic heterocycles. The van der Waals surface area contributed by atoms with Gasteiger partial charge in [0, 0.05) is 0 Å². The van der Waals surface area contributed by atoms with Crippen molar-refractivity contribution in [2.75, 3.05) is 6.61 Å². The molecule has 1 heterocycles. The first-order chi connectivity index (χ1) is 8.16. The van der Waals surface area contributed by atoms with Gasteiger partial charge >= 0.3 is 5.97 Å². The minimum absolute atomic E-state index is 0.118. The van der Waals surface area contributed by atoms with Crippen LogP contribution in [0.5, 0.6) is 5.75 Å². The van der Waals surface area contributed by atoms with Crippen molar-refractivity contribution in [1.82, 2.24) is 0 Å². The first-order valence-corrected chi connectivity index (χ1v) is 6.50. The Labute approximate surface area is 113 Å². The lowest BCUT2D eigenvalue weighted by Gasteiger charge is -2.13. The summed E-state index contributed by atoms with van der Waals surface area (Å²) < 4.78 is 12.0. The molecule has 17 heavy (non-hydrogen) atoms. The molecular formula is C12H13IO4. The molecule has 1 fully saturated rings. The van der Waals surface area contributed by atoms with Crippen molar-refractivity contribution in [2.45, 2.75) is 25.0 Å². The van der Waals surface area contributed by atoms with Crippen molar-refractivity contribution in [3.05, 3.63) is 27.8 Å². The van der Waals surface area contributed by atoms with Crippen LogP contribution in [0, 0.1) is 3.57 Å². The molecule has 0 spiro atoms. The fraction of sp³-hybridized carbons (Fsp3) is 0.417. The standard InChI is InChI=1S/C12H13IO4/c13-9-3-1-2-4-10(9)16-7-8-5-6-11(17-8)12(14)15/h1-4,8,11H,5-7H2,(H,14,15). The maximum Gasteiger partial charge on any atom is 0.332 e. The molecule has 4 nitrogen and oxygen atoms in total. The number of halogens is 1. The van der Waals surface area contributed by atoms with Gasteiger partial charge in [-0.3, -0.25) is 0 Å². The number of hydrogen-bond donors (Lipinski definition) is 1. The lowest BCUT2D eigenvalue weighted by Crippen LogP contribution is -2.23. The molecule has 0 aliphatic carbocycles. The Morgan fingerprint density at radius 1 is 1.47 bits per heavy atom. The largest absolute Gasteiger partial charge is 0.490 e. The molecule has 1 N–H and O–H groups in total. The van der Waals surface area contributed by atoms with Crippen molar-refractivity contribution in [3.63, 3.8) is 0 Å². The molecule has 1 aromatic rings. The second-order valence-electron chi connectivity index (χ2n) is 3.90. The van der Waals surface area contributed by atoms with Crippen LogP contribution in [0.4, 0.5) is 0 Å². The van der Waals surface area contributed by atoms with Gasteiger partial charge in [-0.1, -0.05) is 12.1 Å². The van der Waals surface area contributed by atoms with Gasteiger partial charge in [-0.2, -0.15) is 0 Å². The van der Waals surface area contributed by atoms with Gasteiger partial charge in [-0.25, -0.2) is 4.79 Å². The molecule has 1 saturated heterocycles. The molecular weight excluding hydrogens is 335 g/mol. The Hall–Kier alpha value is -0.820. The van der Waals surface area contributed by atoms with Crippen LogP contribution >= 0.6 is 22.6 Å². The highest BCUT2D eigenvalue weighted by Crippen LogP contribution is 2.23. The number of carboxylic acids is 1. The summed E-state index contributed by atoms with van der Waals surface area (Å²) in [7, 11) is 0. The third-order valence-corrected chi connectivity index (χ3v) is 3.54. The highest BCUT2D eigenvalue weighted by Gasteiger charge is 2.30. The fourth-order valence-corrected chi connectivity index (χ4v) is 2.30. The van der Waals surface area contributed by atoms with Crippen LogP contribution in [0.1, 0.15) is 12.8 Å². The first-order valence-electron chi connectivity index (χ1n) is 5.42. The van der Waals surface area contributed by atoms with E-state index in [0.717, 1.165) is 15.7 Å². The monoisotopic (exact) mass is 348 g/mol. The normalized spacial score (nSPS) is 23.6. The lowest BCUT2D eigenvalue weighted by atomic mass is 10.2. The van der Waals surface area contributed by atoms with E-state index in [9.17, 15) is 4.79 Å². The van der Waals surface area contributed by atoms with Crippen molar-refractivity contribution in [3.8, 4) is 5.75 Å². The highest BCUT2D eigenvalue weighted by molar-refractivity contribution is 14.1. The topological polar surface area (TPSA) is 55.8 Å². The van der Waals surface area contributed by atoms with E-state index in [1.54, 1.807) is 0 Å². The van der Waals surface area contributed by atoms with Crippen LogP contribution in [0.25, 0.3) is 0 Å². The number of carboxylic acid groups (broad SMARTS) is 1. The van der Waals surface area contributed by atoms with Crippen molar-refractivity contribution >= 4 is 28.6 Å². The number of carbonyl (C=O) groups is 1. The molecule has 0 radical (unpaired) electrons. The highest BCUT2D eigenvalue weighted by atomic mass is 127. The van der Waals surface area contributed by atoms with Gasteiger partial charge in [0.15, 0.2) is 6.10 Å². The predicted octanol–water partition coefficient (Wildman–Crippen LogP) is 2.30. The Kier molecular flexibility index (Phi) is 4.22. The third kappa shape index (κ3) is 3.32. The number of rotatable bonds is 4. The molecule has 1 aromatic carbocycles. The summed E-state index contributed by atoms with van der Waals surface area (Å²) in [6.07, 6.45) is 0.515. The second-order valence-corrected chi connectivity index (χ2v) is 5.07. The summed E-state index contributed by atoms with van der Waals surface area (Å²) in [6.45, 7) is 0.407. The number of hydrogen-bond acceptors (Lipinski definition) is 3. The lowest BCUT2D eigenvalue weighted by molar-refractivity contribution is -0.149. The average molecular weight is 348 g/mol. The van der Waals surface area contributed by atoms with Crippen LogP contribution in [0.15, 0.2) is 24.3 Å². The Morgan fingerprint density at radius 2 is 2.24 bits per heavy atom. The fourth-order valence-electron chi connectivity index (χ4n) is 1.75. The van der Waals surface area contributed by atoms with Gasteiger partial charge in [0.1, 0.15) is 12.4 Å². The summed E-state index contributed by atoms with van der Waals surface area (Å²) >= 11 is 2.20. The SMILES string of the molecule is O=C(O)C1CCC(COc2ccccc2I)O1. The van der Waals surface area contributed by atoms with Crippen LogP contribution < -0.4 is 4.74 Å². The summed E-state index contributed by atoms with van der Waals surface area (Å²) in [5.74, 6) is -0.0720. The van der Waals surface area contributed by atoms with Crippen LogP contribution in [-0.2, 0) is 9.53 Å². The zero-order chi connectivity index (χ0) is 12.3. The van der Waals surface area contributed by atoms with Crippen molar-refractivity contribution < 1.29 is 19.4 Å². The molecule has 0 aromatic heterocycles. The molecule has 2 rings (SSSR count). The van der Waals surface area contributed by atoms with E-state index >= 15 is 0 Å². The molecule has 1 aliphatic rings. The van der Waals surface area contributed by atoms with E-state index in [4.69, 9.17) is 14.6 Å². The molecule has 92 valence electrons. The molecule has 2 atom stereocenters. The smallest absolute Gasteiger partial charge is 0.332 e. The van der Waals surface area contributed by atoms with Gasteiger partial charge in [0.05, 0.1) is 9.67 Å². The van der Waals surface area contributed by atoms with E-state index < -0.39 is 12.1 Å². The van der Waals surface area contributed by atoms with Gasteiger partial charge < -0.3 is 14.6 Å². The maximum absolute atomic E-state index is 10.7. The number of ether oxygens (including phenoxy) is 2. The number of benzene rings is 1. The van der Waals surface area contributed by atoms with Crippen LogP contribution in [-0.4, -0.2) is 29.9 Å². The van der Waals surface area contributed by atoms with Crippen LogP contribution in [0.3, 0.4) is 0 Å². The summed E-state index contributed by atoms with van der Waals surface area (Å²) in [5, 5.41) is 8.79.